The van der Waals surface area contributed by atoms with Crippen molar-refractivity contribution in [2.24, 2.45) is 7.05 Å². The lowest BCUT2D eigenvalue weighted by Crippen LogP contribution is -2.22. The highest BCUT2D eigenvalue weighted by Crippen LogP contribution is 2.31. The van der Waals surface area contributed by atoms with Crippen LogP contribution in [0.15, 0.2) is 42.9 Å². The first-order chi connectivity index (χ1) is 14.0. The van der Waals surface area contributed by atoms with E-state index in [2.05, 4.69) is 15.4 Å². The SMILES string of the molecule is CCN1Cc2c(ccnc2NC(C)c2ccc(Oc3cnn(C)c3)c(F)c2)C1=O. The number of anilines is 1. The summed E-state index contributed by atoms with van der Waals surface area (Å²) in [4.78, 5) is 18.5. The summed E-state index contributed by atoms with van der Waals surface area (Å²) in [6, 6.07) is 6.38. The second-order valence-electron chi connectivity index (χ2n) is 7.01. The Balaban J connectivity index is 1.52. The number of ether oxygens (including phenoxy) is 1. The maximum atomic E-state index is 14.6. The molecule has 0 aliphatic carbocycles. The van der Waals surface area contributed by atoms with Gasteiger partial charge in [-0.1, -0.05) is 6.07 Å². The van der Waals surface area contributed by atoms with Gasteiger partial charge in [-0.15, -0.1) is 0 Å². The molecule has 29 heavy (non-hydrogen) atoms. The average Bonchev–Trinajstić information content (AvgIpc) is 3.27. The van der Waals surface area contributed by atoms with Gasteiger partial charge in [-0.2, -0.15) is 5.10 Å². The molecule has 0 saturated heterocycles. The molecule has 1 aliphatic rings. The van der Waals surface area contributed by atoms with Crippen molar-refractivity contribution in [3.8, 4) is 11.5 Å². The number of carbonyl (C=O) groups is 1. The van der Waals surface area contributed by atoms with E-state index in [-0.39, 0.29) is 17.7 Å². The Hall–Kier alpha value is -3.42. The fourth-order valence-electron chi connectivity index (χ4n) is 3.40. The number of rotatable bonds is 6. The number of amides is 1. The molecular weight excluding hydrogens is 373 g/mol. The largest absolute Gasteiger partial charge is 0.451 e. The first-order valence-corrected chi connectivity index (χ1v) is 9.46. The Morgan fingerprint density at radius 3 is 2.86 bits per heavy atom. The van der Waals surface area contributed by atoms with Crippen LogP contribution in [-0.4, -0.2) is 32.1 Å². The van der Waals surface area contributed by atoms with Crippen LogP contribution in [-0.2, 0) is 13.6 Å². The Bertz CT molecular complexity index is 1060. The van der Waals surface area contributed by atoms with E-state index in [0.717, 1.165) is 11.1 Å². The minimum Gasteiger partial charge on any atom is -0.451 e. The van der Waals surface area contributed by atoms with E-state index >= 15 is 0 Å². The highest BCUT2D eigenvalue weighted by atomic mass is 19.1. The van der Waals surface area contributed by atoms with Gasteiger partial charge in [0.05, 0.1) is 25.0 Å². The second-order valence-corrected chi connectivity index (χ2v) is 7.01. The van der Waals surface area contributed by atoms with E-state index in [1.54, 1.807) is 47.2 Å². The van der Waals surface area contributed by atoms with E-state index in [0.29, 0.717) is 30.2 Å². The topological polar surface area (TPSA) is 72.3 Å². The highest BCUT2D eigenvalue weighted by molar-refractivity contribution is 5.99. The van der Waals surface area contributed by atoms with Crippen molar-refractivity contribution in [1.29, 1.82) is 0 Å². The number of halogens is 1. The summed E-state index contributed by atoms with van der Waals surface area (Å²) in [5.74, 6) is 0.814. The van der Waals surface area contributed by atoms with Gasteiger partial charge in [0.1, 0.15) is 5.82 Å². The van der Waals surface area contributed by atoms with Crippen molar-refractivity contribution >= 4 is 11.7 Å². The van der Waals surface area contributed by atoms with Crippen molar-refractivity contribution in [2.75, 3.05) is 11.9 Å². The molecule has 8 heteroatoms. The van der Waals surface area contributed by atoms with E-state index in [1.165, 1.54) is 12.3 Å². The van der Waals surface area contributed by atoms with Crippen LogP contribution in [0, 0.1) is 5.82 Å². The van der Waals surface area contributed by atoms with Crippen molar-refractivity contribution in [3.63, 3.8) is 0 Å². The van der Waals surface area contributed by atoms with Crippen LogP contribution < -0.4 is 10.1 Å². The summed E-state index contributed by atoms with van der Waals surface area (Å²) < 4.78 is 21.7. The maximum Gasteiger partial charge on any atom is 0.254 e. The van der Waals surface area contributed by atoms with E-state index < -0.39 is 5.82 Å². The molecule has 1 aliphatic heterocycles. The number of fused-ring (bicyclic) bond motifs is 1. The molecule has 0 saturated carbocycles. The van der Waals surface area contributed by atoms with Crippen LogP contribution in [0.1, 0.15) is 41.4 Å². The van der Waals surface area contributed by atoms with Gasteiger partial charge >= 0.3 is 0 Å². The normalized spacial score (nSPS) is 14.1. The Morgan fingerprint density at radius 1 is 1.34 bits per heavy atom. The van der Waals surface area contributed by atoms with Crippen LogP contribution >= 0.6 is 0 Å². The number of benzene rings is 1. The van der Waals surface area contributed by atoms with Crippen molar-refractivity contribution in [3.05, 3.63) is 65.4 Å². The van der Waals surface area contributed by atoms with Gasteiger partial charge in [0.2, 0.25) is 0 Å². The fourth-order valence-corrected chi connectivity index (χ4v) is 3.40. The molecule has 0 bridgehead atoms. The third kappa shape index (κ3) is 3.65. The van der Waals surface area contributed by atoms with E-state index in [1.807, 2.05) is 13.8 Å². The van der Waals surface area contributed by atoms with Gasteiger partial charge in [-0.05, 0) is 37.6 Å². The molecule has 2 aromatic heterocycles. The standard InChI is InChI=1S/C21H22FN5O2/c1-4-27-12-17-16(21(27)28)7-8-23-20(17)25-13(2)14-5-6-19(18(22)9-14)29-15-10-24-26(3)11-15/h5-11,13H,4,12H2,1-3H3,(H,23,25). The molecule has 1 amide bonds. The smallest absolute Gasteiger partial charge is 0.254 e. The number of carbonyl (C=O) groups excluding carboxylic acids is 1. The van der Waals surface area contributed by atoms with E-state index in [9.17, 15) is 9.18 Å². The van der Waals surface area contributed by atoms with Crippen LogP contribution in [0.4, 0.5) is 10.2 Å². The molecule has 1 N–H and O–H groups in total. The third-order valence-corrected chi connectivity index (χ3v) is 5.02. The summed E-state index contributed by atoms with van der Waals surface area (Å²) in [5, 5.41) is 7.32. The number of nitrogens with zero attached hydrogens (tertiary/aromatic N) is 4. The lowest BCUT2D eigenvalue weighted by atomic mass is 10.1. The minimum absolute atomic E-state index is 0.0172. The number of hydrogen-bond acceptors (Lipinski definition) is 5. The number of aryl methyl sites for hydroxylation is 1. The second kappa shape index (κ2) is 7.54. The molecule has 0 spiro atoms. The molecule has 0 fully saturated rings. The van der Waals surface area contributed by atoms with E-state index in [4.69, 9.17) is 4.74 Å². The first kappa shape index (κ1) is 18.9. The predicted molar refractivity (Wildman–Crippen MR) is 106 cm³/mol. The number of hydrogen-bond donors (Lipinski definition) is 1. The zero-order valence-corrected chi connectivity index (χ0v) is 16.5. The quantitative estimate of drug-likeness (QED) is 0.685. The molecular formula is C21H22FN5O2. The highest BCUT2D eigenvalue weighted by Gasteiger charge is 2.29. The fraction of sp³-hybridized carbons (Fsp3) is 0.286. The summed E-state index contributed by atoms with van der Waals surface area (Å²) >= 11 is 0. The van der Waals surface area contributed by atoms with Crippen LogP contribution in [0.25, 0.3) is 0 Å². The van der Waals surface area contributed by atoms with Gasteiger partial charge in [-0.3, -0.25) is 9.48 Å². The Kier molecular flexibility index (Phi) is 4.92. The van der Waals surface area contributed by atoms with Crippen molar-refractivity contribution < 1.29 is 13.9 Å². The number of pyridine rings is 1. The summed E-state index contributed by atoms with van der Waals surface area (Å²) in [6.45, 7) is 5.04. The van der Waals surface area contributed by atoms with Crippen LogP contribution in [0.3, 0.4) is 0 Å². The van der Waals surface area contributed by atoms with Gasteiger partial charge in [0.15, 0.2) is 17.3 Å². The molecule has 1 unspecified atom stereocenters. The number of nitrogens with one attached hydrogen (secondary N) is 1. The summed E-state index contributed by atoms with van der Waals surface area (Å²) in [7, 11) is 1.77. The Morgan fingerprint density at radius 2 is 2.17 bits per heavy atom. The number of aromatic nitrogens is 3. The lowest BCUT2D eigenvalue weighted by Gasteiger charge is -2.18. The molecule has 0 radical (unpaired) electrons. The molecule has 3 heterocycles. The average molecular weight is 395 g/mol. The van der Waals surface area contributed by atoms with Crippen LogP contribution in [0.2, 0.25) is 0 Å². The van der Waals surface area contributed by atoms with Crippen molar-refractivity contribution in [2.45, 2.75) is 26.4 Å². The molecule has 1 aromatic carbocycles. The van der Waals surface area contributed by atoms with Gasteiger partial charge < -0.3 is 15.0 Å². The molecule has 4 rings (SSSR count). The minimum atomic E-state index is -0.460. The predicted octanol–water partition coefficient (Wildman–Crippen LogP) is 3.90. The monoisotopic (exact) mass is 395 g/mol. The van der Waals surface area contributed by atoms with Crippen molar-refractivity contribution in [1.82, 2.24) is 19.7 Å². The molecule has 1 atom stereocenters. The molecule has 150 valence electrons. The lowest BCUT2D eigenvalue weighted by molar-refractivity contribution is 0.0787. The molecule has 3 aromatic rings. The zero-order chi connectivity index (χ0) is 20.5. The van der Waals surface area contributed by atoms with Gasteiger partial charge in [0, 0.05) is 30.9 Å². The van der Waals surface area contributed by atoms with Gasteiger partial charge in [0.25, 0.3) is 5.91 Å². The van der Waals surface area contributed by atoms with Gasteiger partial charge in [-0.25, -0.2) is 9.37 Å². The summed E-state index contributed by atoms with van der Waals surface area (Å²) in [5.41, 5.74) is 2.29. The molecule has 7 nitrogen and oxygen atoms in total. The van der Waals surface area contributed by atoms with Crippen LogP contribution in [0.5, 0.6) is 11.5 Å². The Labute approximate surface area is 168 Å². The third-order valence-electron chi connectivity index (χ3n) is 5.02. The first-order valence-electron chi connectivity index (χ1n) is 9.46. The summed E-state index contributed by atoms with van der Waals surface area (Å²) in [6.07, 6.45) is 4.82. The zero-order valence-electron chi connectivity index (χ0n) is 16.5. The maximum absolute atomic E-state index is 14.6.